The third-order valence-electron chi connectivity index (χ3n) is 3.23. The lowest BCUT2D eigenvalue weighted by Crippen LogP contribution is -2.18. The van der Waals surface area contributed by atoms with Crippen LogP contribution in [0.5, 0.6) is 11.5 Å². The van der Waals surface area contributed by atoms with Crippen molar-refractivity contribution in [2.45, 2.75) is 45.3 Å². The van der Waals surface area contributed by atoms with E-state index in [4.69, 9.17) is 9.47 Å². The monoisotopic (exact) mass is 204 g/mol. The van der Waals surface area contributed by atoms with Crippen molar-refractivity contribution < 1.29 is 9.47 Å². The smallest absolute Gasteiger partial charge is 0.126 e. The normalized spacial score (nSPS) is 27.6. The van der Waals surface area contributed by atoms with E-state index in [1.807, 2.05) is 0 Å². The molecule has 0 saturated heterocycles. The van der Waals surface area contributed by atoms with E-state index >= 15 is 0 Å². The van der Waals surface area contributed by atoms with Crippen molar-refractivity contribution in [3.63, 3.8) is 0 Å². The first-order valence-corrected chi connectivity index (χ1v) is 5.71. The summed E-state index contributed by atoms with van der Waals surface area (Å²) in [5.41, 5.74) is 2.70. The summed E-state index contributed by atoms with van der Waals surface area (Å²) in [6.45, 7) is 4.24. The van der Waals surface area contributed by atoms with Gasteiger partial charge in [0.15, 0.2) is 0 Å². The van der Waals surface area contributed by atoms with E-state index in [2.05, 4.69) is 26.0 Å². The minimum atomic E-state index is 0.321. The van der Waals surface area contributed by atoms with Crippen LogP contribution in [0.15, 0.2) is 12.1 Å². The summed E-state index contributed by atoms with van der Waals surface area (Å²) in [4.78, 5) is 0. The van der Waals surface area contributed by atoms with E-state index in [-0.39, 0.29) is 0 Å². The van der Waals surface area contributed by atoms with Crippen molar-refractivity contribution in [3.05, 3.63) is 23.3 Å². The number of hydrogen-bond donors (Lipinski definition) is 0. The molecule has 2 nitrogen and oxygen atoms in total. The van der Waals surface area contributed by atoms with Crippen LogP contribution in [0.1, 0.15) is 31.4 Å². The van der Waals surface area contributed by atoms with Gasteiger partial charge in [-0.05, 0) is 43.9 Å². The number of fused-ring (bicyclic) bond motifs is 2. The molecule has 1 aromatic rings. The summed E-state index contributed by atoms with van der Waals surface area (Å²) in [7, 11) is 0. The summed E-state index contributed by atoms with van der Waals surface area (Å²) >= 11 is 0. The molecule has 1 aromatic carbocycles. The van der Waals surface area contributed by atoms with Crippen LogP contribution in [0.2, 0.25) is 0 Å². The van der Waals surface area contributed by atoms with Gasteiger partial charge in [0.05, 0.1) is 6.10 Å². The van der Waals surface area contributed by atoms with Gasteiger partial charge in [-0.1, -0.05) is 0 Å². The molecule has 2 unspecified atom stereocenters. The maximum Gasteiger partial charge on any atom is 0.126 e. The molecule has 0 N–H and O–H groups in total. The number of ether oxygens (including phenoxy) is 2. The molecule has 2 heterocycles. The van der Waals surface area contributed by atoms with Gasteiger partial charge >= 0.3 is 0 Å². The minimum absolute atomic E-state index is 0.321. The van der Waals surface area contributed by atoms with Gasteiger partial charge in [0.2, 0.25) is 0 Å². The topological polar surface area (TPSA) is 18.5 Å². The second kappa shape index (κ2) is 3.16. The highest BCUT2D eigenvalue weighted by Crippen LogP contribution is 2.38. The fourth-order valence-electron chi connectivity index (χ4n) is 2.43. The van der Waals surface area contributed by atoms with Gasteiger partial charge in [0.25, 0.3) is 0 Å². The number of aryl methyl sites for hydroxylation is 1. The maximum atomic E-state index is 5.81. The highest BCUT2D eigenvalue weighted by molar-refractivity contribution is 5.49. The quantitative estimate of drug-likeness (QED) is 0.647. The van der Waals surface area contributed by atoms with Crippen LogP contribution in [-0.4, -0.2) is 12.2 Å². The summed E-state index contributed by atoms with van der Waals surface area (Å²) in [5, 5.41) is 0. The summed E-state index contributed by atoms with van der Waals surface area (Å²) in [5.74, 6) is 2.05. The third-order valence-corrected chi connectivity index (χ3v) is 3.23. The van der Waals surface area contributed by atoms with Crippen molar-refractivity contribution in [3.8, 4) is 11.5 Å². The molecule has 15 heavy (non-hydrogen) atoms. The Morgan fingerprint density at radius 3 is 2.60 bits per heavy atom. The Labute approximate surface area is 90.2 Å². The molecule has 3 rings (SSSR count). The Hall–Kier alpha value is -1.18. The molecule has 0 saturated carbocycles. The number of rotatable bonds is 0. The largest absolute Gasteiger partial charge is 0.490 e. The van der Waals surface area contributed by atoms with Crippen molar-refractivity contribution in [2.24, 2.45) is 0 Å². The van der Waals surface area contributed by atoms with Crippen LogP contribution in [0.25, 0.3) is 0 Å². The summed E-state index contributed by atoms with van der Waals surface area (Å²) in [6.07, 6.45) is 3.97. The van der Waals surface area contributed by atoms with Crippen LogP contribution in [0.4, 0.5) is 0 Å². The molecular formula is C13H16O2. The minimum Gasteiger partial charge on any atom is -0.490 e. The average molecular weight is 204 g/mol. The van der Waals surface area contributed by atoms with Gasteiger partial charge in [-0.3, -0.25) is 0 Å². The van der Waals surface area contributed by atoms with E-state index in [0.717, 1.165) is 30.8 Å². The molecule has 2 atom stereocenters. The fraction of sp³-hybridized carbons (Fsp3) is 0.538. The van der Waals surface area contributed by atoms with Gasteiger partial charge in [-0.25, -0.2) is 0 Å². The van der Waals surface area contributed by atoms with Gasteiger partial charge in [0, 0.05) is 12.5 Å². The Morgan fingerprint density at radius 2 is 1.73 bits per heavy atom. The highest BCUT2D eigenvalue weighted by atomic mass is 16.5. The van der Waals surface area contributed by atoms with Crippen LogP contribution in [-0.2, 0) is 12.8 Å². The molecule has 2 heteroatoms. The zero-order chi connectivity index (χ0) is 10.4. The Kier molecular flexibility index (Phi) is 1.91. The van der Waals surface area contributed by atoms with E-state index in [0.29, 0.717) is 12.2 Å². The van der Waals surface area contributed by atoms with Crippen LogP contribution in [0, 0.1) is 0 Å². The van der Waals surface area contributed by atoms with Crippen LogP contribution < -0.4 is 9.47 Å². The lowest BCUT2D eigenvalue weighted by atomic mass is 9.99. The van der Waals surface area contributed by atoms with Crippen LogP contribution >= 0.6 is 0 Å². The molecular weight excluding hydrogens is 188 g/mol. The molecule has 0 radical (unpaired) electrons. The molecule has 0 aromatic heterocycles. The molecule has 0 aliphatic carbocycles. The molecule has 2 aliphatic rings. The van der Waals surface area contributed by atoms with Crippen molar-refractivity contribution >= 4 is 0 Å². The van der Waals surface area contributed by atoms with Crippen molar-refractivity contribution in [1.82, 2.24) is 0 Å². The first kappa shape index (κ1) is 9.08. The first-order chi connectivity index (χ1) is 7.22. The SMILES string of the molecule is CC1CCc2cc3c(cc2O1)OC(C)C3. The van der Waals surface area contributed by atoms with Crippen LogP contribution in [0.3, 0.4) is 0 Å². The number of hydrogen-bond acceptors (Lipinski definition) is 2. The fourth-order valence-corrected chi connectivity index (χ4v) is 2.43. The first-order valence-electron chi connectivity index (χ1n) is 5.71. The lowest BCUT2D eigenvalue weighted by Gasteiger charge is -2.23. The zero-order valence-electron chi connectivity index (χ0n) is 9.25. The molecule has 0 bridgehead atoms. The average Bonchev–Trinajstić information content (AvgIpc) is 2.53. The molecule has 2 aliphatic heterocycles. The van der Waals surface area contributed by atoms with Gasteiger partial charge in [-0.2, -0.15) is 0 Å². The molecule has 0 fully saturated rings. The summed E-state index contributed by atoms with van der Waals surface area (Å²) in [6, 6.07) is 4.34. The van der Waals surface area contributed by atoms with Crippen molar-refractivity contribution in [1.29, 1.82) is 0 Å². The van der Waals surface area contributed by atoms with Crippen molar-refractivity contribution in [2.75, 3.05) is 0 Å². The maximum absolute atomic E-state index is 5.81. The predicted octanol–water partition coefficient (Wildman–Crippen LogP) is 2.72. The standard InChI is InChI=1S/C13H16O2/c1-8-3-4-10-6-11-5-9(2)15-13(11)7-12(10)14-8/h6-9H,3-5H2,1-2H3. The predicted molar refractivity (Wildman–Crippen MR) is 58.6 cm³/mol. The number of benzene rings is 1. The zero-order valence-corrected chi connectivity index (χ0v) is 9.25. The summed E-state index contributed by atoms with van der Waals surface area (Å²) < 4.78 is 11.5. The molecule has 0 spiro atoms. The van der Waals surface area contributed by atoms with Gasteiger partial charge < -0.3 is 9.47 Å². The lowest BCUT2D eigenvalue weighted by molar-refractivity contribution is 0.190. The molecule has 80 valence electrons. The second-order valence-corrected chi connectivity index (χ2v) is 4.67. The van der Waals surface area contributed by atoms with Gasteiger partial charge in [-0.15, -0.1) is 0 Å². The van der Waals surface area contributed by atoms with E-state index in [1.54, 1.807) is 0 Å². The highest BCUT2D eigenvalue weighted by Gasteiger charge is 2.24. The third kappa shape index (κ3) is 1.48. The van der Waals surface area contributed by atoms with Gasteiger partial charge in [0.1, 0.15) is 17.6 Å². The van der Waals surface area contributed by atoms with E-state index in [9.17, 15) is 0 Å². The Balaban J connectivity index is 2.02. The Bertz CT molecular complexity index is 398. The Morgan fingerprint density at radius 1 is 1.00 bits per heavy atom. The van der Waals surface area contributed by atoms with E-state index < -0.39 is 0 Å². The molecule has 0 amide bonds. The van der Waals surface area contributed by atoms with E-state index in [1.165, 1.54) is 11.1 Å². The second-order valence-electron chi connectivity index (χ2n) is 4.67.